The summed E-state index contributed by atoms with van der Waals surface area (Å²) in [5, 5.41) is -0.916. The van der Waals surface area contributed by atoms with Gasteiger partial charge < -0.3 is 5.73 Å². The van der Waals surface area contributed by atoms with E-state index in [0.29, 0.717) is 0 Å². The molecule has 0 aromatic heterocycles. The fourth-order valence-electron chi connectivity index (χ4n) is 0.921. The van der Waals surface area contributed by atoms with Gasteiger partial charge in [-0.15, -0.1) is 0 Å². The molecule has 3 unspecified atom stereocenters. The second-order valence-corrected chi connectivity index (χ2v) is 7.33. The van der Waals surface area contributed by atoms with Gasteiger partial charge in [0, 0.05) is 28.9 Å². The van der Waals surface area contributed by atoms with Gasteiger partial charge in [0.1, 0.15) is 5.25 Å². The lowest BCUT2D eigenvalue weighted by Crippen LogP contribution is -2.45. The number of nitrogens with two attached hydrogens (primary N) is 1. The second-order valence-electron chi connectivity index (χ2n) is 3.35. The van der Waals surface area contributed by atoms with E-state index in [1.54, 1.807) is 6.92 Å². The first-order valence-electron chi connectivity index (χ1n) is 4.27. The Kier molecular flexibility index (Phi) is 5.86. The summed E-state index contributed by atoms with van der Waals surface area (Å²) in [5.41, 5.74) is 5.25. The van der Waals surface area contributed by atoms with E-state index < -0.39 is 32.1 Å². The van der Waals surface area contributed by atoms with E-state index in [1.807, 2.05) is 0 Å². The van der Waals surface area contributed by atoms with Crippen LogP contribution < -0.4 is 10.5 Å². The maximum Gasteiger partial charge on any atom is 0.221 e. The number of rotatable bonds is 6. The zero-order valence-electron chi connectivity index (χ0n) is 8.89. The Morgan fingerprint density at radius 2 is 2.00 bits per heavy atom. The molecule has 0 saturated heterocycles. The fraction of sp³-hybridized carbons (Fsp3) is 0.857. The van der Waals surface area contributed by atoms with Crippen LogP contribution in [-0.4, -0.2) is 40.9 Å². The van der Waals surface area contributed by atoms with Crippen molar-refractivity contribution in [3.05, 3.63) is 0 Å². The first-order valence-corrected chi connectivity index (χ1v) is 7.95. The normalized spacial score (nSPS) is 18.1. The van der Waals surface area contributed by atoms with Crippen LogP contribution in [0.2, 0.25) is 0 Å². The van der Waals surface area contributed by atoms with E-state index in [2.05, 4.69) is 16.9 Å². The van der Waals surface area contributed by atoms with Gasteiger partial charge in [-0.2, -0.15) is 0 Å². The van der Waals surface area contributed by atoms with Gasteiger partial charge in [0.15, 0.2) is 0 Å². The Bertz CT molecular complexity index is 352. The quantitative estimate of drug-likeness (QED) is 0.627. The standard InChI is InChI=1S/C7H16N2O3S3/c1-5(4-14(3)10)9-15(11,12)6(2)7(8)13/h5-6,9H,4H2,1-3H3,(H2,8,13). The molecule has 0 fully saturated rings. The van der Waals surface area contributed by atoms with Crippen LogP contribution in [-0.2, 0) is 20.8 Å². The first kappa shape index (κ1) is 14.9. The highest BCUT2D eigenvalue weighted by molar-refractivity contribution is 7.93. The maximum absolute atomic E-state index is 11.6. The third kappa shape index (κ3) is 5.55. The fourth-order valence-corrected chi connectivity index (χ4v) is 3.35. The molecule has 0 heterocycles. The van der Waals surface area contributed by atoms with Gasteiger partial charge in [0.2, 0.25) is 10.0 Å². The molecule has 0 aromatic carbocycles. The van der Waals surface area contributed by atoms with Crippen molar-refractivity contribution in [3.8, 4) is 0 Å². The number of hydrogen-bond donors (Lipinski definition) is 2. The minimum atomic E-state index is -3.56. The van der Waals surface area contributed by atoms with Gasteiger partial charge in [-0.25, -0.2) is 13.1 Å². The van der Waals surface area contributed by atoms with Gasteiger partial charge >= 0.3 is 0 Å². The van der Waals surface area contributed by atoms with Crippen molar-refractivity contribution in [2.24, 2.45) is 5.73 Å². The Hall–Kier alpha value is -0.0500. The van der Waals surface area contributed by atoms with Crippen molar-refractivity contribution >= 4 is 38.0 Å². The van der Waals surface area contributed by atoms with Crippen molar-refractivity contribution in [3.63, 3.8) is 0 Å². The van der Waals surface area contributed by atoms with Crippen molar-refractivity contribution in [2.75, 3.05) is 12.0 Å². The zero-order valence-corrected chi connectivity index (χ0v) is 11.3. The van der Waals surface area contributed by atoms with Crippen molar-refractivity contribution < 1.29 is 12.6 Å². The monoisotopic (exact) mass is 272 g/mol. The minimum Gasteiger partial charge on any atom is -0.392 e. The second kappa shape index (κ2) is 5.88. The summed E-state index contributed by atoms with van der Waals surface area (Å²) in [6.07, 6.45) is 1.52. The molecule has 0 aliphatic carbocycles. The molecule has 0 aromatic rings. The van der Waals surface area contributed by atoms with Crippen LogP contribution in [0.4, 0.5) is 0 Å². The highest BCUT2D eigenvalue weighted by Crippen LogP contribution is 2.00. The van der Waals surface area contributed by atoms with E-state index in [9.17, 15) is 12.6 Å². The van der Waals surface area contributed by atoms with Gasteiger partial charge in [0.05, 0.1) is 4.99 Å². The SMILES string of the molecule is CC(CS(C)=O)NS(=O)(=O)C(C)C(N)=S. The third-order valence-electron chi connectivity index (χ3n) is 1.72. The smallest absolute Gasteiger partial charge is 0.221 e. The molecule has 3 N–H and O–H groups in total. The van der Waals surface area contributed by atoms with E-state index >= 15 is 0 Å². The van der Waals surface area contributed by atoms with Crippen molar-refractivity contribution in [2.45, 2.75) is 25.1 Å². The predicted octanol–water partition coefficient (Wildman–Crippen LogP) is -0.653. The Labute approximate surface area is 98.3 Å². The summed E-state index contributed by atoms with van der Waals surface area (Å²) in [6.45, 7) is 3.06. The highest BCUT2D eigenvalue weighted by Gasteiger charge is 2.25. The Balaban J connectivity index is 4.51. The van der Waals surface area contributed by atoms with Crippen LogP contribution in [0.15, 0.2) is 0 Å². The molecular formula is C7H16N2O3S3. The molecule has 0 amide bonds. The molecule has 8 heteroatoms. The number of nitrogens with one attached hydrogen (secondary N) is 1. The Morgan fingerprint density at radius 3 is 2.33 bits per heavy atom. The molecule has 0 bridgehead atoms. The summed E-state index contributed by atoms with van der Waals surface area (Å²) in [4.78, 5) is -0.0766. The van der Waals surface area contributed by atoms with Gasteiger partial charge in [-0.05, 0) is 13.8 Å². The summed E-state index contributed by atoms with van der Waals surface area (Å²) in [7, 11) is -4.60. The average molecular weight is 272 g/mol. The average Bonchev–Trinajstić information content (AvgIpc) is 1.99. The molecule has 5 nitrogen and oxygen atoms in total. The molecule has 0 radical (unpaired) electrons. The van der Waals surface area contributed by atoms with Crippen molar-refractivity contribution in [1.29, 1.82) is 0 Å². The molecule has 0 aliphatic heterocycles. The van der Waals surface area contributed by atoms with Crippen LogP contribution >= 0.6 is 12.2 Å². The van der Waals surface area contributed by atoms with E-state index in [0.717, 1.165) is 0 Å². The van der Waals surface area contributed by atoms with E-state index in [1.165, 1.54) is 13.2 Å². The lowest BCUT2D eigenvalue weighted by molar-refractivity contribution is 0.567. The lowest BCUT2D eigenvalue weighted by atomic mass is 10.4. The first-order chi connectivity index (χ1) is 6.66. The number of thiocarbonyl (C=S) groups is 1. The largest absolute Gasteiger partial charge is 0.392 e. The number of hydrogen-bond acceptors (Lipinski definition) is 4. The van der Waals surface area contributed by atoms with Crippen LogP contribution in [0.1, 0.15) is 13.8 Å². The van der Waals surface area contributed by atoms with E-state index in [4.69, 9.17) is 5.73 Å². The van der Waals surface area contributed by atoms with Gasteiger partial charge in [-0.1, -0.05) is 12.2 Å². The minimum absolute atomic E-state index is 0.0766. The lowest BCUT2D eigenvalue weighted by Gasteiger charge is -2.16. The zero-order chi connectivity index (χ0) is 12.2. The predicted molar refractivity (Wildman–Crippen MR) is 66.7 cm³/mol. The highest BCUT2D eigenvalue weighted by atomic mass is 32.2. The molecular weight excluding hydrogens is 256 g/mol. The molecule has 0 spiro atoms. The van der Waals surface area contributed by atoms with Crippen LogP contribution in [0.25, 0.3) is 0 Å². The number of sulfonamides is 1. The maximum atomic E-state index is 11.6. The molecule has 15 heavy (non-hydrogen) atoms. The molecule has 90 valence electrons. The third-order valence-corrected chi connectivity index (χ3v) is 5.10. The molecule has 0 rings (SSSR count). The summed E-state index contributed by atoms with van der Waals surface area (Å²) in [6, 6.07) is -0.391. The summed E-state index contributed by atoms with van der Waals surface area (Å²) < 4.78 is 36.4. The molecule has 0 saturated carbocycles. The van der Waals surface area contributed by atoms with Crippen LogP contribution in [0.5, 0.6) is 0 Å². The topological polar surface area (TPSA) is 89.3 Å². The van der Waals surface area contributed by atoms with Gasteiger partial charge in [-0.3, -0.25) is 4.21 Å². The summed E-state index contributed by atoms with van der Waals surface area (Å²) >= 11 is 4.61. The van der Waals surface area contributed by atoms with Crippen molar-refractivity contribution in [1.82, 2.24) is 4.72 Å². The van der Waals surface area contributed by atoms with E-state index in [-0.39, 0.29) is 10.7 Å². The van der Waals surface area contributed by atoms with Gasteiger partial charge in [0.25, 0.3) is 0 Å². The molecule has 3 atom stereocenters. The Morgan fingerprint density at radius 1 is 1.53 bits per heavy atom. The summed E-state index contributed by atoms with van der Waals surface area (Å²) in [5.74, 6) is 0.267. The van der Waals surface area contributed by atoms with Crippen LogP contribution in [0, 0.1) is 0 Å². The molecule has 0 aliphatic rings. The van der Waals surface area contributed by atoms with Crippen LogP contribution in [0.3, 0.4) is 0 Å².